The first-order chi connectivity index (χ1) is 9.22. The van der Waals surface area contributed by atoms with Crippen LogP contribution in [0.2, 0.25) is 0 Å². The zero-order chi connectivity index (χ0) is 15.4. The van der Waals surface area contributed by atoms with Crippen LogP contribution in [-0.2, 0) is 19.2 Å². The fraction of sp³-hybridized carbons (Fsp3) is 0.600. The van der Waals surface area contributed by atoms with Crippen LogP contribution in [0.1, 0.15) is 0 Å². The Morgan fingerprint density at radius 1 is 0.750 bits per heavy atom. The highest BCUT2D eigenvalue weighted by Crippen LogP contribution is 2.16. The van der Waals surface area contributed by atoms with Crippen molar-refractivity contribution in [2.75, 3.05) is 26.2 Å². The maximum atomic E-state index is 11.1. The minimum atomic E-state index is -1.33. The topological polar surface area (TPSA) is 156 Å². The number of piperazine rings is 1. The van der Waals surface area contributed by atoms with Crippen molar-refractivity contribution in [2.45, 2.75) is 12.1 Å². The highest BCUT2D eigenvalue weighted by molar-refractivity contribution is 5.79. The Balaban J connectivity index is 2.96. The molecule has 0 aromatic heterocycles. The third-order valence-electron chi connectivity index (χ3n) is 2.94. The molecule has 112 valence electrons. The minimum absolute atomic E-state index is 0.369. The lowest BCUT2D eigenvalue weighted by molar-refractivity contribution is -0.161. The molecule has 1 aliphatic rings. The van der Waals surface area contributed by atoms with E-state index in [1.165, 1.54) is 0 Å². The molecule has 10 heteroatoms. The van der Waals surface area contributed by atoms with E-state index in [4.69, 9.17) is 20.4 Å². The number of carboxylic acids is 4. The zero-order valence-electron chi connectivity index (χ0n) is 10.3. The quantitative estimate of drug-likeness (QED) is 0.418. The smallest absolute Gasteiger partial charge is 0.322 e. The maximum Gasteiger partial charge on any atom is 0.322 e. The predicted molar refractivity (Wildman–Crippen MR) is 61.3 cm³/mol. The van der Waals surface area contributed by atoms with Gasteiger partial charge in [0.1, 0.15) is 12.1 Å². The fourth-order valence-corrected chi connectivity index (χ4v) is 2.10. The van der Waals surface area contributed by atoms with Crippen molar-refractivity contribution in [3.63, 3.8) is 0 Å². The van der Waals surface area contributed by atoms with Gasteiger partial charge in [0.15, 0.2) is 0 Å². The molecule has 1 saturated heterocycles. The van der Waals surface area contributed by atoms with Crippen molar-refractivity contribution in [1.82, 2.24) is 9.80 Å². The number of aliphatic carboxylic acids is 4. The molecule has 0 amide bonds. The molecule has 0 aromatic rings. The lowest BCUT2D eigenvalue weighted by Gasteiger charge is -2.41. The average molecular weight is 290 g/mol. The monoisotopic (exact) mass is 290 g/mol. The summed E-state index contributed by atoms with van der Waals surface area (Å²) in [4.78, 5) is 45.6. The molecule has 0 aromatic carbocycles. The number of carboxylic acid groups (broad SMARTS) is 4. The lowest BCUT2D eigenvalue weighted by Crippen LogP contribution is -2.64. The Labute approximate surface area is 112 Å². The average Bonchev–Trinajstić information content (AvgIpc) is 2.28. The van der Waals surface area contributed by atoms with E-state index in [0.717, 1.165) is 9.80 Å². The highest BCUT2D eigenvalue weighted by Gasteiger charge is 2.41. The van der Waals surface area contributed by atoms with Crippen LogP contribution in [0.4, 0.5) is 0 Å². The largest absolute Gasteiger partial charge is 0.480 e. The summed E-state index contributed by atoms with van der Waals surface area (Å²) in [7, 11) is 0. The second-order valence-corrected chi connectivity index (χ2v) is 4.35. The van der Waals surface area contributed by atoms with Crippen molar-refractivity contribution in [2.24, 2.45) is 0 Å². The first kappa shape index (κ1) is 15.9. The van der Waals surface area contributed by atoms with E-state index >= 15 is 0 Å². The van der Waals surface area contributed by atoms with Crippen molar-refractivity contribution in [3.05, 3.63) is 0 Å². The molecule has 10 nitrogen and oxygen atoms in total. The molecule has 20 heavy (non-hydrogen) atoms. The van der Waals surface area contributed by atoms with E-state index in [9.17, 15) is 19.2 Å². The molecule has 1 aliphatic heterocycles. The van der Waals surface area contributed by atoms with Gasteiger partial charge in [0, 0.05) is 13.1 Å². The van der Waals surface area contributed by atoms with Crippen LogP contribution in [0.25, 0.3) is 0 Å². The number of hydrogen-bond acceptors (Lipinski definition) is 6. The first-order valence-corrected chi connectivity index (χ1v) is 5.59. The molecule has 0 aliphatic carbocycles. The number of hydrogen-bond donors (Lipinski definition) is 4. The van der Waals surface area contributed by atoms with Crippen LogP contribution in [0.5, 0.6) is 0 Å². The molecule has 0 radical (unpaired) electrons. The van der Waals surface area contributed by atoms with Crippen LogP contribution in [0.3, 0.4) is 0 Å². The van der Waals surface area contributed by atoms with Crippen LogP contribution >= 0.6 is 0 Å². The Morgan fingerprint density at radius 3 is 1.25 bits per heavy atom. The van der Waals surface area contributed by atoms with Gasteiger partial charge in [-0.2, -0.15) is 0 Å². The van der Waals surface area contributed by atoms with E-state index in [0.29, 0.717) is 0 Å². The van der Waals surface area contributed by atoms with Gasteiger partial charge in [-0.3, -0.25) is 29.0 Å². The highest BCUT2D eigenvalue weighted by atomic mass is 16.4. The molecule has 1 rings (SSSR count). The standard InChI is InChI=1S/C10H14N2O8/c13-7(14)3-11-1-5(9(17)18)12(4-8(15)16)2-6(11)10(19)20/h5-6H,1-4H2,(H,13,14)(H,15,16)(H,17,18)(H,19,20)/t5-,6-/m0/s1. The normalized spacial score (nSPS) is 24.2. The third kappa shape index (κ3) is 3.90. The van der Waals surface area contributed by atoms with Gasteiger partial charge in [-0.05, 0) is 0 Å². The Hall–Kier alpha value is -2.20. The van der Waals surface area contributed by atoms with Crippen molar-refractivity contribution < 1.29 is 39.6 Å². The van der Waals surface area contributed by atoms with E-state index < -0.39 is 49.1 Å². The van der Waals surface area contributed by atoms with E-state index in [-0.39, 0.29) is 13.1 Å². The lowest BCUT2D eigenvalue weighted by atomic mass is 10.1. The molecule has 1 heterocycles. The summed E-state index contributed by atoms with van der Waals surface area (Å²) >= 11 is 0. The van der Waals surface area contributed by atoms with Crippen LogP contribution < -0.4 is 0 Å². The van der Waals surface area contributed by atoms with Gasteiger partial charge in [0.2, 0.25) is 0 Å². The second kappa shape index (κ2) is 6.30. The Morgan fingerprint density at radius 2 is 1.05 bits per heavy atom. The van der Waals surface area contributed by atoms with E-state index in [1.807, 2.05) is 0 Å². The van der Waals surface area contributed by atoms with Gasteiger partial charge >= 0.3 is 23.9 Å². The summed E-state index contributed by atoms with van der Waals surface area (Å²) in [6, 6.07) is -2.53. The molecule has 2 atom stereocenters. The van der Waals surface area contributed by atoms with Gasteiger partial charge in [-0.25, -0.2) is 0 Å². The number of nitrogens with zero attached hydrogens (tertiary/aromatic N) is 2. The molecule has 1 fully saturated rings. The van der Waals surface area contributed by atoms with Crippen molar-refractivity contribution in [1.29, 1.82) is 0 Å². The number of carbonyl (C=O) groups is 4. The van der Waals surface area contributed by atoms with Crippen molar-refractivity contribution >= 4 is 23.9 Å². The molecule has 0 saturated carbocycles. The van der Waals surface area contributed by atoms with Crippen LogP contribution in [0, 0.1) is 0 Å². The Kier molecular flexibility index (Phi) is 5.00. The minimum Gasteiger partial charge on any atom is -0.480 e. The van der Waals surface area contributed by atoms with Crippen LogP contribution in [-0.4, -0.2) is 92.4 Å². The van der Waals surface area contributed by atoms with Gasteiger partial charge < -0.3 is 20.4 Å². The SMILES string of the molecule is O=C(O)CN1C[C@@H](C(=O)O)N(CC(=O)O)C[C@H]1C(=O)O. The first-order valence-electron chi connectivity index (χ1n) is 5.59. The third-order valence-corrected chi connectivity index (χ3v) is 2.94. The fourth-order valence-electron chi connectivity index (χ4n) is 2.10. The van der Waals surface area contributed by atoms with Gasteiger partial charge in [-0.1, -0.05) is 0 Å². The summed E-state index contributed by atoms with van der Waals surface area (Å²) in [5, 5.41) is 35.5. The molecular weight excluding hydrogens is 276 g/mol. The molecular formula is C10H14N2O8. The second-order valence-electron chi connectivity index (χ2n) is 4.35. The van der Waals surface area contributed by atoms with E-state index in [2.05, 4.69) is 0 Å². The molecule has 0 bridgehead atoms. The summed E-state index contributed by atoms with van der Waals surface area (Å²) in [5.41, 5.74) is 0. The zero-order valence-corrected chi connectivity index (χ0v) is 10.3. The molecule has 0 spiro atoms. The predicted octanol–water partition coefficient (Wildman–Crippen LogP) is -2.32. The molecule has 4 N–H and O–H groups in total. The molecule has 0 unspecified atom stereocenters. The maximum absolute atomic E-state index is 11.1. The van der Waals surface area contributed by atoms with E-state index in [1.54, 1.807) is 0 Å². The number of rotatable bonds is 6. The summed E-state index contributed by atoms with van der Waals surface area (Å²) in [6.07, 6.45) is 0. The van der Waals surface area contributed by atoms with Gasteiger partial charge in [-0.15, -0.1) is 0 Å². The summed E-state index contributed by atoms with van der Waals surface area (Å²) in [6.45, 7) is -1.99. The van der Waals surface area contributed by atoms with Gasteiger partial charge in [0.25, 0.3) is 0 Å². The van der Waals surface area contributed by atoms with Crippen molar-refractivity contribution in [3.8, 4) is 0 Å². The summed E-state index contributed by atoms with van der Waals surface area (Å²) in [5.74, 6) is -5.23. The summed E-state index contributed by atoms with van der Waals surface area (Å²) < 4.78 is 0. The van der Waals surface area contributed by atoms with Gasteiger partial charge in [0.05, 0.1) is 13.1 Å². The Bertz CT molecular complexity index is 397. The van der Waals surface area contributed by atoms with Crippen LogP contribution in [0.15, 0.2) is 0 Å².